The van der Waals surface area contributed by atoms with Gasteiger partial charge in [-0.15, -0.1) is 0 Å². The molecule has 0 bridgehead atoms. The number of rotatable bonds is 8. The lowest BCUT2D eigenvalue weighted by Crippen LogP contribution is -2.32. The fourth-order valence-electron chi connectivity index (χ4n) is 2.81. The van der Waals surface area contributed by atoms with Crippen LogP contribution in [-0.2, 0) is 0 Å². The minimum Gasteiger partial charge on any atom is -0.368 e. The zero-order valence-electron chi connectivity index (χ0n) is 13.5. The van der Waals surface area contributed by atoms with E-state index in [1.165, 1.54) is 37.1 Å². The molecule has 0 saturated heterocycles. The molecule has 0 aromatic heterocycles. The molecule has 1 atom stereocenters. The third kappa shape index (κ3) is 3.99. The van der Waals surface area contributed by atoms with Gasteiger partial charge in [-0.05, 0) is 50.3 Å². The maximum absolute atomic E-state index is 3.63. The van der Waals surface area contributed by atoms with Gasteiger partial charge in [-0.25, -0.2) is 0 Å². The SMILES string of the molecule is CCCNC(C)c1ccccc1N(CC(C)C)C1CC1. The van der Waals surface area contributed by atoms with Crippen LogP contribution in [0.25, 0.3) is 0 Å². The lowest BCUT2D eigenvalue weighted by atomic mass is 10.0. The van der Waals surface area contributed by atoms with Crippen LogP contribution < -0.4 is 10.2 Å². The molecule has 1 aliphatic carbocycles. The van der Waals surface area contributed by atoms with Crippen molar-refractivity contribution in [1.29, 1.82) is 0 Å². The van der Waals surface area contributed by atoms with Crippen LogP contribution in [0.15, 0.2) is 24.3 Å². The first-order valence-electron chi connectivity index (χ1n) is 8.22. The van der Waals surface area contributed by atoms with Crippen LogP contribution in [0.4, 0.5) is 5.69 Å². The zero-order chi connectivity index (χ0) is 14.5. The van der Waals surface area contributed by atoms with E-state index in [1.54, 1.807) is 0 Å². The van der Waals surface area contributed by atoms with Crippen LogP contribution in [0, 0.1) is 5.92 Å². The third-order valence-electron chi connectivity index (χ3n) is 3.96. The number of benzene rings is 1. The van der Waals surface area contributed by atoms with E-state index in [9.17, 15) is 0 Å². The number of nitrogens with one attached hydrogen (secondary N) is 1. The Hall–Kier alpha value is -1.02. The molecular formula is C18H30N2. The van der Waals surface area contributed by atoms with E-state index in [0.717, 1.165) is 12.6 Å². The van der Waals surface area contributed by atoms with Gasteiger partial charge in [-0.2, -0.15) is 0 Å². The zero-order valence-corrected chi connectivity index (χ0v) is 13.5. The Morgan fingerprint density at radius 3 is 2.50 bits per heavy atom. The van der Waals surface area contributed by atoms with Gasteiger partial charge >= 0.3 is 0 Å². The number of para-hydroxylation sites is 1. The second-order valence-corrected chi connectivity index (χ2v) is 6.51. The second kappa shape index (κ2) is 7.12. The number of hydrogen-bond donors (Lipinski definition) is 1. The van der Waals surface area contributed by atoms with E-state index < -0.39 is 0 Å². The topological polar surface area (TPSA) is 15.3 Å². The van der Waals surface area contributed by atoms with Crippen molar-refractivity contribution >= 4 is 5.69 Å². The van der Waals surface area contributed by atoms with Crippen molar-refractivity contribution < 1.29 is 0 Å². The van der Waals surface area contributed by atoms with Crippen molar-refractivity contribution in [2.75, 3.05) is 18.0 Å². The summed E-state index contributed by atoms with van der Waals surface area (Å²) in [6, 6.07) is 10.2. The summed E-state index contributed by atoms with van der Waals surface area (Å²) in [6.45, 7) is 11.4. The van der Waals surface area contributed by atoms with Crippen molar-refractivity contribution in [3.8, 4) is 0 Å². The maximum atomic E-state index is 3.63. The summed E-state index contributed by atoms with van der Waals surface area (Å²) in [5, 5.41) is 3.63. The third-order valence-corrected chi connectivity index (χ3v) is 3.96. The average molecular weight is 274 g/mol. The van der Waals surface area contributed by atoms with E-state index in [2.05, 4.69) is 62.2 Å². The van der Waals surface area contributed by atoms with Crippen LogP contribution in [0.3, 0.4) is 0 Å². The minimum absolute atomic E-state index is 0.430. The second-order valence-electron chi connectivity index (χ2n) is 6.51. The molecule has 0 radical (unpaired) electrons. The minimum atomic E-state index is 0.430. The van der Waals surface area contributed by atoms with Crippen LogP contribution >= 0.6 is 0 Å². The van der Waals surface area contributed by atoms with Crippen LogP contribution in [0.2, 0.25) is 0 Å². The van der Waals surface area contributed by atoms with Crippen LogP contribution in [0.1, 0.15) is 58.6 Å². The van der Waals surface area contributed by atoms with E-state index in [-0.39, 0.29) is 0 Å². The maximum Gasteiger partial charge on any atom is 0.0417 e. The highest BCUT2D eigenvalue weighted by atomic mass is 15.2. The molecule has 2 heteroatoms. The molecule has 112 valence electrons. The number of anilines is 1. The van der Waals surface area contributed by atoms with Gasteiger partial charge < -0.3 is 10.2 Å². The molecule has 1 aromatic rings. The molecule has 1 aliphatic rings. The smallest absolute Gasteiger partial charge is 0.0417 e. The standard InChI is InChI=1S/C18H30N2/c1-5-12-19-15(4)17-8-6-7-9-18(17)20(13-14(2)3)16-10-11-16/h6-9,14-16,19H,5,10-13H2,1-4H3. The van der Waals surface area contributed by atoms with E-state index in [4.69, 9.17) is 0 Å². The van der Waals surface area contributed by atoms with Crippen molar-refractivity contribution in [2.24, 2.45) is 5.92 Å². The fourth-order valence-corrected chi connectivity index (χ4v) is 2.81. The number of hydrogen-bond acceptors (Lipinski definition) is 2. The first-order valence-corrected chi connectivity index (χ1v) is 8.22. The first kappa shape index (κ1) is 15.4. The molecule has 1 unspecified atom stereocenters. The van der Waals surface area contributed by atoms with Gasteiger partial charge in [-0.3, -0.25) is 0 Å². The molecule has 0 aliphatic heterocycles. The van der Waals surface area contributed by atoms with E-state index in [0.29, 0.717) is 12.0 Å². The molecular weight excluding hydrogens is 244 g/mol. The highest BCUT2D eigenvalue weighted by molar-refractivity contribution is 5.56. The summed E-state index contributed by atoms with van der Waals surface area (Å²) in [5.41, 5.74) is 2.90. The first-order chi connectivity index (χ1) is 9.63. The van der Waals surface area contributed by atoms with Crippen LogP contribution in [-0.4, -0.2) is 19.1 Å². The summed E-state index contributed by atoms with van der Waals surface area (Å²) in [6.07, 6.45) is 3.90. The Bertz CT molecular complexity index is 410. The van der Waals surface area contributed by atoms with Crippen molar-refractivity contribution in [3.63, 3.8) is 0 Å². The number of nitrogens with zero attached hydrogens (tertiary/aromatic N) is 1. The summed E-state index contributed by atoms with van der Waals surface area (Å²) >= 11 is 0. The molecule has 20 heavy (non-hydrogen) atoms. The fraction of sp³-hybridized carbons (Fsp3) is 0.667. The highest BCUT2D eigenvalue weighted by Crippen LogP contribution is 2.36. The monoisotopic (exact) mass is 274 g/mol. The highest BCUT2D eigenvalue weighted by Gasteiger charge is 2.31. The van der Waals surface area contributed by atoms with Gasteiger partial charge in [0, 0.05) is 24.3 Å². The predicted octanol–water partition coefficient (Wildman–Crippen LogP) is 4.37. The van der Waals surface area contributed by atoms with Crippen molar-refractivity contribution in [1.82, 2.24) is 5.32 Å². The molecule has 1 saturated carbocycles. The molecule has 1 fully saturated rings. The van der Waals surface area contributed by atoms with Crippen LogP contribution in [0.5, 0.6) is 0 Å². The van der Waals surface area contributed by atoms with Crippen molar-refractivity contribution in [2.45, 2.75) is 59.0 Å². The Labute approximate surface area is 124 Å². The Morgan fingerprint density at radius 2 is 1.90 bits per heavy atom. The summed E-state index contributed by atoms with van der Waals surface area (Å²) < 4.78 is 0. The summed E-state index contributed by atoms with van der Waals surface area (Å²) in [5.74, 6) is 0.711. The quantitative estimate of drug-likeness (QED) is 0.757. The molecule has 0 spiro atoms. The van der Waals surface area contributed by atoms with Gasteiger partial charge in [0.2, 0.25) is 0 Å². The van der Waals surface area contributed by atoms with Gasteiger partial charge in [-0.1, -0.05) is 39.0 Å². The normalized spacial score (nSPS) is 16.4. The average Bonchev–Trinajstić information content (AvgIpc) is 3.26. The molecule has 0 heterocycles. The van der Waals surface area contributed by atoms with Gasteiger partial charge in [0.25, 0.3) is 0 Å². The summed E-state index contributed by atoms with van der Waals surface area (Å²) in [4.78, 5) is 2.64. The largest absolute Gasteiger partial charge is 0.368 e. The molecule has 0 amide bonds. The van der Waals surface area contributed by atoms with E-state index in [1.807, 2.05) is 0 Å². The predicted molar refractivity (Wildman–Crippen MR) is 88.4 cm³/mol. The lowest BCUT2D eigenvalue weighted by molar-refractivity contribution is 0.562. The lowest BCUT2D eigenvalue weighted by Gasteiger charge is -2.30. The molecule has 1 N–H and O–H groups in total. The Balaban J connectivity index is 2.20. The molecule has 1 aromatic carbocycles. The molecule has 2 rings (SSSR count). The van der Waals surface area contributed by atoms with Crippen molar-refractivity contribution in [3.05, 3.63) is 29.8 Å². The van der Waals surface area contributed by atoms with Gasteiger partial charge in [0.05, 0.1) is 0 Å². The Morgan fingerprint density at radius 1 is 1.20 bits per heavy atom. The van der Waals surface area contributed by atoms with Gasteiger partial charge in [0.15, 0.2) is 0 Å². The molecule has 2 nitrogen and oxygen atoms in total. The Kier molecular flexibility index (Phi) is 5.47. The van der Waals surface area contributed by atoms with E-state index >= 15 is 0 Å². The summed E-state index contributed by atoms with van der Waals surface area (Å²) in [7, 11) is 0. The van der Waals surface area contributed by atoms with Gasteiger partial charge in [0.1, 0.15) is 0 Å².